The molecule has 1 aliphatic rings. The van der Waals surface area contributed by atoms with Crippen molar-refractivity contribution in [1.82, 2.24) is 15.1 Å². The van der Waals surface area contributed by atoms with E-state index >= 15 is 0 Å². The van der Waals surface area contributed by atoms with E-state index in [1.807, 2.05) is 18.0 Å². The Bertz CT molecular complexity index is 360. The standard InChI is InChI=1S/C10H16N4O/c1-7-5-12-13-10(7)8-2-3-14(6-8)9(15)4-11/h5,8H,2-4,6,11H2,1H3,(H,12,13)/t8-/m1/s1. The zero-order valence-corrected chi connectivity index (χ0v) is 8.86. The number of aromatic nitrogens is 2. The number of carbonyl (C=O) groups excluding carboxylic acids is 1. The third-order valence-corrected chi connectivity index (χ3v) is 2.99. The van der Waals surface area contributed by atoms with Crippen LogP contribution in [0.5, 0.6) is 0 Å². The van der Waals surface area contributed by atoms with Crippen LogP contribution in [0.15, 0.2) is 6.20 Å². The van der Waals surface area contributed by atoms with E-state index in [1.165, 1.54) is 5.56 Å². The Hall–Kier alpha value is -1.36. The van der Waals surface area contributed by atoms with E-state index in [1.54, 1.807) is 0 Å². The van der Waals surface area contributed by atoms with E-state index < -0.39 is 0 Å². The quantitative estimate of drug-likeness (QED) is 0.718. The summed E-state index contributed by atoms with van der Waals surface area (Å²) in [5.41, 5.74) is 7.66. The zero-order valence-electron chi connectivity index (χ0n) is 8.86. The van der Waals surface area contributed by atoms with Crippen LogP contribution in [0.4, 0.5) is 0 Å². The van der Waals surface area contributed by atoms with Gasteiger partial charge in [-0.05, 0) is 18.9 Å². The largest absolute Gasteiger partial charge is 0.341 e. The summed E-state index contributed by atoms with van der Waals surface area (Å²) in [6.45, 7) is 3.71. The van der Waals surface area contributed by atoms with Crippen molar-refractivity contribution in [3.05, 3.63) is 17.5 Å². The van der Waals surface area contributed by atoms with E-state index in [0.717, 1.165) is 25.2 Å². The first-order valence-corrected chi connectivity index (χ1v) is 5.20. The summed E-state index contributed by atoms with van der Waals surface area (Å²) in [4.78, 5) is 13.2. The van der Waals surface area contributed by atoms with Gasteiger partial charge in [0, 0.05) is 24.7 Å². The Balaban J connectivity index is 2.05. The number of hydrogen-bond donors (Lipinski definition) is 2. The third kappa shape index (κ3) is 1.87. The Morgan fingerprint density at radius 3 is 3.20 bits per heavy atom. The maximum atomic E-state index is 11.4. The van der Waals surface area contributed by atoms with Crippen LogP contribution in [-0.2, 0) is 4.79 Å². The smallest absolute Gasteiger partial charge is 0.236 e. The molecule has 1 saturated heterocycles. The van der Waals surface area contributed by atoms with Gasteiger partial charge < -0.3 is 10.6 Å². The number of carbonyl (C=O) groups is 1. The lowest BCUT2D eigenvalue weighted by Gasteiger charge is -2.14. The molecule has 82 valence electrons. The average Bonchev–Trinajstić information content (AvgIpc) is 2.84. The maximum Gasteiger partial charge on any atom is 0.236 e. The molecule has 15 heavy (non-hydrogen) atoms. The second-order valence-corrected chi connectivity index (χ2v) is 4.00. The van der Waals surface area contributed by atoms with Crippen molar-refractivity contribution in [2.24, 2.45) is 5.73 Å². The highest BCUT2D eigenvalue weighted by atomic mass is 16.2. The summed E-state index contributed by atoms with van der Waals surface area (Å²) >= 11 is 0. The van der Waals surface area contributed by atoms with Crippen molar-refractivity contribution in [2.45, 2.75) is 19.3 Å². The van der Waals surface area contributed by atoms with Gasteiger partial charge in [0.2, 0.25) is 5.91 Å². The molecular weight excluding hydrogens is 192 g/mol. The third-order valence-electron chi connectivity index (χ3n) is 2.99. The summed E-state index contributed by atoms with van der Waals surface area (Å²) < 4.78 is 0. The van der Waals surface area contributed by atoms with Crippen LogP contribution in [0.3, 0.4) is 0 Å². The molecule has 0 bridgehead atoms. The molecule has 2 rings (SSSR count). The van der Waals surface area contributed by atoms with E-state index in [-0.39, 0.29) is 12.5 Å². The molecule has 5 heteroatoms. The van der Waals surface area contributed by atoms with Gasteiger partial charge in [-0.25, -0.2) is 0 Å². The molecule has 1 atom stereocenters. The Morgan fingerprint density at radius 2 is 2.60 bits per heavy atom. The molecular formula is C10H16N4O. The average molecular weight is 208 g/mol. The summed E-state index contributed by atoms with van der Waals surface area (Å²) in [6, 6.07) is 0. The van der Waals surface area contributed by atoms with Crippen LogP contribution in [0, 0.1) is 6.92 Å². The number of nitrogens with one attached hydrogen (secondary N) is 1. The number of aryl methyl sites for hydroxylation is 1. The lowest BCUT2D eigenvalue weighted by Crippen LogP contribution is -2.33. The SMILES string of the molecule is Cc1cn[nH]c1[C@@H]1CCN(C(=O)CN)C1. The minimum atomic E-state index is 0.0367. The Kier molecular flexibility index (Phi) is 2.73. The maximum absolute atomic E-state index is 11.4. The molecule has 5 nitrogen and oxygen atoms in total. The number of hydrogen-bond acceptors (Lipinski definition) is 3. The fourth-order valence-corrected chi connectivity index (χ4v) is 2.12. The molecule has 1 aromatic rings. The van der Waals surface area contributed by atoms with Crippen LogP contribution < -0.4 is 5.73 Å². The highest BCUT2D eigenvalue weighted by Gasteiger charge is 2.28. The first-order valence-electron chi connectivity index (χ1n) is 5.20. The van der Waals surface area contributed by atoms with E-state index in [2.05, 4.69) is 10.2 Å². The van der Waals surface area contributed by atoms with Crippen LogP contribution in [0.1, 0.15) is 23.6 Å². The second kappa shape index (κ2) is 4.02. The molecule has 1 amide bonds. The molecule has 0 unspecified atom stereocenters. The minimum Gasteiger partial charge on any atom is -0.341 e. The number of aromatic amines is 1. The highest BCUT2D eigenvalue weighted by Crippen LogP contribution is 2.27. The molecule has 0 spiro atoms. The first kappa shape index (κ1) is 10.2. The van der Waals surface area contributed by atoms with Crippen LogP contribution in [0.25, 0.3) is 0 Å². The Labute approximate surface area is 88.6 Å². The molecule has 0 radical (unpaired) electrons. The topological polar surface area (TPSA) is 75.0 Å². The Morgan fingerprint density at radius 1 is 1.80 bits per heavy atom. The number of H-pyrrole nitrogens is 1. The van der Waals surface area contributed by atoms with Gasteiger partial charge in [-0.1, -0.05) is 0 Å². The van der Waals surface area contributed by atoms with Crippen molar-refractivity contribution in [1.29, 1.82) is 0 Å². The molecule has 1 aliphatic heterocycles. The van der Waals surface area contributed by atoms with Crippen molar-refractivity contribution in [2.75, 3.05) is 19.6 Å². The van der Waals surface area contributed by atoms with E-state index in [4.69, 9.17) is 5.73 Å². The van der Waals surface area contributed by atoms with Crippen LogP contribution >= 0.6 is 0 Å². The summed E-state index contributed by atoms with van der Waals surface area (Å²) in [5.74, 6) is 0.428. The summed E-state index contributed by atoms with van der Waals surface area (Å²) in [6.07, 6.45) is 2.82. The molecule has 0 aromatic carbocycles. The second-order valence-electron chi connectivity index (χ2n) is 4.00. The van der Waals surface area contributed by atoms with Gasteiger partial charge in [0.05, 0.1) is 12.7 Å². The van der Waals surface area contributed by atoms with Crippen molar-refractivity contribution in [3.63, 3.8) is 0 Å². The van der Waals surface area contributed by atoms with Gasteiger partial charge in [-0.2, -0.15) is 5.10 Å². The highest BCUT2D eigenvalue weighted by molar-refractivity contribution is 5.78. The van der Waals surface area contributed by atoms with E-state index in [9.17, 15) is 4.79 Å². The lowest BCUT2D eigenvalue weighted by atomic mass is 10.0. The van der Waals surface area contributed by atoms with Gasteiger partial charge in [0.15, 0.2) is 0 Å². The normalized spacial score (nSPS) is 20.9. The van der Waals surface area contributed by atoms with Gasteiger partial charge in [0.1, 0.15) is 0 Å². The van der Waals surface area contributed by atoms with Crippen molar-refractivity contribution < 1.29 is 4.79 Å². The molecule has 0 aliphatic carbocycles. The predicted octanol–water partition coefficient (Wildman–Crippen LogP) is -0.00728. The number of rotatable bonds is 2. The molecule has 3 N–H and O–H groups in total. The first-order chi connectivity index (χ1) is 7.22. The van der Waals surface area contributed by atoms with E-state index in [0.29, 0.717) is 5.92 Å². The van der Waals surface area contributed by atoms with Crippen LogP contribution in [0.2, 0.25) is 0 Å². The molecule has 1 fully saturated rings. The zero-order chi connectivity index (χ0) is 10.8. The summed E-state index contributed by atoms with van der Waals surface area (Å²) in [5, 5.41) is 7.01. The molecule has 1 aromatic heterocycles. The van der Waals surface area contributed by atoms with Crippen LogP contribution in [-0.4, -0.2) is 40.6 Å². The number of likely N-dealkylation sites (tertiary alicyclic amines) is 1. The van der Waals surface area contributed by atoms with Gasteiger partial charge in [-0.3, -0.25) is 9.89 Å². The van der Waals surface area contributed by atoms with Crippen molar-refractivity contribution in [3.8, 4) is 0 Å². The van der Waals surface area contributed by atoms with Gasteiger partial charge in [-0.15, -0.1) is 0 Å². The fourth-order valence-electron chi connectivity index (χ4n) is 2.12. The van der Waals surface area contributed by atoms with Crippen molar-refractivity contribution >= 4 is 5.91 Å². The molecule has 2 heterocycles. The number of amides is 1. The number of nitrogens with two attached hydrogens (primary N) is 1. The number of nitrogens with zero attached hydrogens (tertiary/aromatic N) is 2. The van der Waals surface area contributed by atoms with Gasteiger partial charge >= 0.3 is 0 Å². The lowest BCUT2D eigenvalue weighted by molar-refractivity contribution is -0.128. The minimum absolute atomic E-state index is 0.0367. The van der Waals surface area contributed by atoms with Gasteiger partial charge in [0.25, 0.3) is 0 Å². The predicted molar refractivity (Wildman–Crippen MR) is 56.3 cm³/mol. The summed E-state index contributed by atoms with van der Waals surface area (Å²) in [7, 11) is 0. The fraction of sp³-hybridized carbons (Fsp3) is 0.600. The monoisotopic (exact) mass is 208 g/mol. The molecule has 0 saturated carbocycles.